The highest BCUT2D eigenvalue weighted by Crippen LogP contribution is 2.83. The van der Waals surface area contributed by atoms with Crippen molar-refractivity contribution in [3.63, 3.8) is 0 Å². The summed E-state index contributed by atoms with van der Waals surface area (Å²) in [4.78, 5) is 0. The van der Waals surface area contributed by atoms with Crippen molar-refractivity contribution in [2.75, 3.05) is 13.7 Å². The Bertz CT molecular complexity index is 646. The van der Waals surface area contributed by atoms with Crippen LogP contribution in [0.4, 0.5) is 0 Å². The van der Waals surface area contributed by atoms with Gasteiger partial charge in [-0.1, -0.05) is 31.4 Å². The highest BCUT2D eigenvalue weighted by molar-refractivity contribution is 5.37. The SMILES string of the molecule is CC[C@@H]1CC2=C(CC=C(OC)C2)[C@H]2CC[C@]3(C)[C@H](CO)C[C@@H]4C[C@]43[C@H]12. The third kappa shape index (κ3) is 1.90. The van der Waals surface area contributed by atoms with Crippen LogP contribution in [0.2, 0.25) is 0 Å². The monoisotopic (exact) mass is 342 g/mol. The van der Waals surface area contributed by atoms with E-state index in [1.165, 1.54) is 44.3 Å². The van der Waals surface area contributed by atoms with Gasteiger partial charge in [-0.3, -0.25) is 0 Å². The standard InChI is InChI=1S/C23H34O2/c1-4-14-9-15-10-18(25-3)5-6-19(15)20-7-8-22(2)17(13-24)11-16-12-23(16,22)21(14)20/h5,14,16-17,20-21,24H,4,6-13H2,1-3H3/t14-,16-,17+,20-,21-,22-,23-/m1/s1. The lowest BCUT2D eigenvalue weighted by Crippen LogP contribution is -2.50. The Hall–Kier alpha value is -0.760. The minimum absolute atomic E-state index is 0.404. The van der Waals surface area contributed by atoms with Crippen LogP contribution >= 0.6 is 0 Å². The number of allylic oxidation sites excluding steroid dienone is 3. The van der Waals surface area contributed by atoms with E-state index in [4.69, 9.17) is 4.74 Å². The van der Waals surface area contributed by atoms with Crippen molar-refractivity contribution < 1.29 is 9.84 Å². The molecular weight excluding hydrogens is 308 g/mol. The zero-order valence-electron chi connectivity index (χ0n) is 16.2. The van der Waals surface area contributed by atoms with Crippen molar-refractivity contribution in [1.29, 1.82) is 0 Å². The molecule has 25 heavy (non-hydrogen) atoms. The van der Waals surface area contributed by atoms with Gasteiger partial charge in [-0.25, -0.2) is 0 Å². The molecule has 0 amide bonds. The van der Waals surface area contributed by atoms with E-state index in [1.807, 2.05) is 7.11 Å². The topological polar surface area (TPSA) is 29.5 Å². The molecule has 0 saturated heterocycles. The van der Waals surface area contributed by atoms with Gasteiger partial charge in [0.2, 0.25) is 0 Å². The fraction of sp³-hybridized carbons (Fsp3) is 0.826. The number of methoxy groups -OCH3 is 1. The molecule has 1 N–H and O–H groups in total. The lowest BCUT2D eigenvalue weighted by atomic mass is 9.48. The molecule has 1 spiro atoms. The van der Waals surface area contributed by atoms with Gasteiger partial charge in [0.25, 0.3) is 0 Å². The van der Waals surface area contributed by atoms with Crippen molar-refractivity contribution in [3.05, 3.63) is 23.0 Å². The molecule has 0 aromatic carbocycles. The molecule has 7 atom stereocenters. The zero-order valence-corrected chi connectivity index (χ0v) is 16.2. The number of hydrogen-bond donors (Lipinski definition) is 1. The molecule has 5 aliphatic rings. The van der Waals surface area contributed by atoms with E-state index in [0.717, 1.165) is 36.5 Å². The zero-order chi connectivity index (χ0) is 17.4. The Morgan fingerprint density at radius 2 is 2.20 bits per heavy atom. The summed E-state index contributed by atoms with van der Waals surface area (Å²) in [6.45, 7) is 5.38. The maximum absolute atomic E-state index is 10.0. The first-order chi connectivity index (χ1) is 12.1. The van der Waals surface area contributed by atoms with E-state index in [9.17, 15) is 5.11 Å². The summed E-state index contributed by atoms with van der Waals surface area (Å²) in [5, 5.41) is 10.0. The molecule has 0 aromatic rings. The molecule has 2 nitrogen and oxygen atoms in total. The van der Waals surface area contributed by atoms with Crippen LogP contribution in [0.25, 0.3) is 0 Å². The Kier molecular flexibility index (Phi) is 3.53. The predicted octanol–water partition coefficient (Wildman–Crippen LogP) is 5.09. The normalized spacial score (nSPS) is 50.4. The second kappa shape index (κ2) is 5.38. The average molecular weight is 343 g/mol. The van der Waals surface area contributed by atoms with Gasteiger partial charge in [0.15, 0.2) is 0 Å². The molecule has 138 valence electrons. The van der Waals surface area contributed by atoms with Crippen LogP contribution in [0.5, 0.6) is 0 Å². The fourth-order valence-electron chi connectivity index (χ4n) is 8.34. The van der Waals surface area contributed by atoms with E-state index in [2.05, 4.69) is 19.9 Å². The molecule has 0 radical (unpaired) electrons. The smallest absolute Gasteiger partial charge is 0.0959 e. The molecule has 0 aliphatic heterocycles. The number of hydrogen-bond acceptors (Lipinski definition) is 2. The van der Waals surface area contributed by atoms with E-state index in [-0.39, 0.29) is 0 Å². The number of aliphatic hydroxyl groups excluding tert-OH is 1. The summed E-state index contributed by atoms with van der Waals surface area (Å²) >= 11 is 0. The van der Waals surface area contributed by atoms with Crippen molar-refractivity contribution in [2.24, 2.45) is 40.4 Å². The van der Waals surface area contributed by atoms with Gasteiger partial charge in [0.05, 0.1) is 12.9 Å². The molecule has 0 aromatic heterocycles. The van der Waals surface area contributed by atoms with Crippen molar-refractivity contribution in [2.45, 2.75) is 65.2 Å². The third-order valence-electron chi connectivity index (χ3n) is 9.55. The van der Waals surface area contributed by atoms with Gasteiger partial charge in [0.1, 0.15) is 0 Å². The van der Waals surface area contributed by atoms with Crippen molar-refractivity contribution >= 4 is 0 Å². The molecule has 0 unspecified atom stereocenters. The first kappa shape index (κ1) is 16.4. The maximum atomic E-state index is 10.0. The summed E-state index contributed by atoms with van der Waals surface area (Å²) in [5.74, 6) is 5.21. The van der Waals surface area contributed by atoms with Gasteiger partial charge in [-0.15, -0.1) is 0 Å². The number of ether oxygens (including phenoxy) is 1. The molecular formula is C23H34O2. The van der Waals surface area contributed by atoms with Crippen LogP contribution in [-0.2, 0) is 4.74 Å². The molecule has 0 heterocycles. The highest BCUT2D eigenvalue weighted by Gasteiger charge is 2.77. The predicted molar refractivity (Wildman–Crippen MR) is 99.8 cm³/mol. The van der Waals surface area contributed by atoms with E-state index < -0.39 is 0 Å². The Morgan fingerprint density at radius 3 is 2.92 bits per heavy atom. The maximum Gasteiger partial charge on any atom is 0.0959 e. The molecule has 3 fully saturated rings. The van der Waals surface area contributed by atoms with Crippen LogP contribution in [0.15, 0.2) is 23.0 Å². The number of rotatable bonds is 3. The Balaban J connectivity index is 1.54. The van der Waals surface area contributed by atoms with Gasteiger partial charge in [-0.05, 0) is 85.0 Å². The third-order valence-corrected chi connectivity index (χ3v) is 9.55. The van der Waals surface area contributed by atoms with Crippen molar-refractivity contribution in [1.82, 2.24) is 0 Å². The highest BCUT2D eigenvalue weighted by atomic mass is 16.5. The summed E-state index contributed by atoms with van der Waals surface area (Å²) < 4.78 is 5.59. The molecule has 3 saturated carbocycles. The number of fused-ring (bicyclic) bond motifs is 2. The van der Waals surface area contributed by atoms with Gasteiger partial charge >= 0.3 is 0 Å². The van der Waals surface area contributed by atoms with E-state index >= 15 is 0 Å². The van der Waals surface area contributed by atoms with Crippen LogP contribution in [0, 0.1) is 40.4 Å². The minimum atomic E-state index is 0.404. The first-order valence-corrected chi connectivity index (χ1v) is 10.6. The molecule has 2 heteroatoms. The van der Waals surface area contributed by atoms with Crippen molar-refractivity contribution in [3.8, 4) is 0 Å². The second-order valence-corrected chi connectivity index (χ2v) is 9.90. The van der Waals surface area contributed by atoms with Gasteiger partial charge in [-0.2, -0.15) is 0 Å². The number of aliphatic hydroxyl groups is 1. The summed E-state index contributed by atoms with van der Waals surface area (Å²) in [7, 11) is 1.83. The molecule has 5 aliphatic carbocycles. The molecule has 0 bridgehead atoms. The second-order valence-electron chi connectivity index (χ2n) is 9.90. The quantitative estimate of drug-likeness (QED) is 0.724. The average Bonchev–Trinajstić information content (AvgIpc) is 3.30. The largest absolute Gasteiger partial charge is 0.501 e. The lowest BCUT2D eigenvalue weighted by molar-refractivity contribution is -0.0600. The first-order valence-electron chi connectivity index (χ1n) is 10.6. The summed E-state index contributed by atoms with van der Waals surface area (Å²) in [5.41, 5.74) is 4.49. The van der Waals surface area contributed by atoms with E-state index in [1.54, 1.807) is 11.1 Å². The van der Waals surface area contributed by atoms with Crippen LogP contribution in [0.3, 0.4) is 0 Å². The Labute approximate surface area is 152 Å². The van der Waals surface area contributed by atoms with Crippen LogP contribution < -0.4 is 0 Å². The lowest BCUT2D eigenvalue weighted by Gasteiger charge is -2.57. The summed E-state index contributed by atoms with van der Waals surface area (Å²) in [6, 6.07) is 0. The molecule has 5 rings (SSSR count). The van der Waals surface area contributed by atoms with E-state index in [0.29, 0.717) is 23.4 Å². The fourth-order valence-corrected chi connectivity index (χ4v) is 8.34. The van der Waals surface area contributed by atoms with Gasteiger partial charge < -0.3 is 9.84 Å². The minimum Gasteiger partial charge on any atom is -0.501 e. The summed E-state index contributed by atoms with van der Waals surface area (Å²) in [6.07, 6.45) is 12.6. The van der Waals surface area contributed by atoms with Crippen LogP contribution in [0.1, 0.15) is 65.2 Å². The Morgan fingerprint density at radius 1 is 1.36 bits per heavy atom. The van der Waals surface area contributed by atoms with Gasteiger partial charge in [0, 0.05) is 13.0 Å². The van der Waals surface area contributed by atoms with Crippen LogP contribution in [-0.4, -0.2) is 18.8 Å².